The number of fused-ring (bicyclic) bond motifs is 1. The number of aromatic amines is 1. The van der Waals surface area contributed by atoms with Crippen LogP contribution in [0.15, 0.2) is 29.1 Å². The average molecular weight is 246 g/mol. The second-order valence-electron chi connectivity index (χ2n) is 4.78. The van der Waals surface area contributed by atoms with Gasteiger partial charge in [-0.1, -0.05) is 13.8 Å². The Morgan fingerprint density at radius 2 is 2.11 bits per heavy atom. The molecule has 4 heteroatoms. The smallest absolute Gasteiger partial charge is 0.189 e. The molecule has 0 aliphatic carbocycles. The Morgan fingerprint density at radius 1 is 1.33 bits per heavy atom. The fourth-order valence-electron chi connectivity index (χ4n) is 1.74. The molecule has 0 radical (unpaired) electrons. The lowest BCUT2D eigenvalue weighted by molar-refractivity contribution is 0.271. The number of nitrogens with two attached hydrogens (primary N) is 1. The number of benzene rings is 1. The quantitative estimate of drug-likeness (QED) is 0.867. The maximum atomic E-state index is 11.9. The summed E-state index contributed by atoms with van der Waals surface area (Å²) >= 11 is 0. The largest absolute Gasteiger partial charge is 0.493 e. The van der Waals surface area contributed by atoms with Gasteiger partial charge in [0.25, 0.3) is 0 Å². The van der Waals surface area contributed by atoms with Gasteiger partial charge < -0.3 is 15.5 Å². The zero-order chi connectivity index (χ0) is 13.1. The predicted octanol–water partition coefficient (Wildman–Crippen LogP) is 2.02. The van der Waals surface area contributed by atoms with E-state index in [2.05, 4.69) is 18.8 Å². The van der Waals surface area contributed by atoms with Gasteiger partial charge in [0, 0.05) is 29.2 Å². The topological polar surface area (TPSA) is 68.1 Å². The summed E-state index contributed by atoms with van der Waals surface area (Å²) in [7, 11) is 0. The first-order valence-corrected chi connectivity index (χ1v) is 6.09. The summed E-state index contributed by atoms with van der Waals surface area (Å²) in [6.07, 6.45) is 0. The minimum atomic E-state index is -0.0285. The van der Waals surface area contributed by atoms with Crippen LogP contribution < -0.4 is 15.9 Å². The molecular formula is C14H18N2O2. The van der Waals surface area contributed by atoms with Gasteiger partial charge in [-0.25, -0.2) is 0 Å². The minimum Gasteiger partial charge on any atom is -0.493 e. The number of rotatable bonds is 4. The molecule has 0 unspecified atom stereocenters. The highest BCUT2D eigenvalue weighted by Gasteiger charge is 2.04. The van der Waals surface area contributed by atoms with Crippen LogP contribution in [0.3, 0.4) is 0 Å². The van der Waals surface area contributed by atoms with Crippen molar-refractivity contribution < 1.29 is 4.74 Å². The Balaban J connectivity index is 2.39. The number of aromatic nitrogens is 1. The molecule has 0 fully saturated rings. The third kappa shape index (κ3) is 2.71. The predicted molar refractivity (Wildman–Crippen MR) is 72.8 cm³/mol. The fourth-order valence-corrected chi connectivity index (χ4v) is 1.74. The van der Waals surface area contributed by atoms with Crippen molar-refractivity contribution in [2.24, 2.45) is 11.7 Å². The van der Waals surface area contributed by atoms with Gasteiger partial charge >= 0.3 is 0 Å². The van der Waals surface area contributed by atoms with Crippen LogP contribution >= 0.6 is 0 Å². The lowest BCUT2D eigenvalue weighted by Gasteiger charge is -2.09. The zero-order valence-corrected chi connectivity index (χ0v) is 10.7. The first-order chi connectivity index (χ1) is 8.60. The number of nitrogens with one attached hydrogen (secondary N) is 1. The van der Waals surface area contributed by atoms with Gasteiger partial charge in [0.05, 0.1) is 6.61 Å². The zero-order valence-electron chi connectivity index (χ0n) is 10.7. The summed E-state index contributed by atoms with van der Waals surface area (Å²) < 4.78 is 5.61. The molecular weight excluding hydrogens is 228 g/mol. The normalized spacial score (nSPS) is 11.1. The molecule has 0 saturated heterocycles. The van der Waals surface area contributed by atoms with E-state index in [9.17, 15) is 4.79 Å². The van der Waals surface area contributed by atoms with Crippen LogP contribution in [0, 0.1) is 5.92 Å². The van der Waals surface area contributed by atoms with Gasteiger partial charge in [0.2, 0.25) is 0 Å². The molecule has 0 bridgehead atoms. The Labute approximate surface area is 106 Å². The van der Waals surface area contributed by atoms with Crippen molar-refractivity contribution in [2.45, 2.75) is 20.4 Å². The van der Waals surface area contributed by atoms with Gasteiger partial charge in [-0.05, 0) is 24.1 Å². The van der Waals surface area contributed by atoms with E-state index in [1.54, 1.807) is 6.07 Å². The molecule has 96 valence electrons. The van der Waals surface area contributed by atoms with E-state index in [0.29, 0.717) is 24.5 Å². The standard InChI is InChI=1S/C14H18N2O2/c1-9(2)8-18-11-3-4-13-12(6-11)14(17)5-10(7-15)16-13/h3-6,9H,7-8,15H2,1-2H3,(H,16,17). The number of hydrogen-bond acceptors (Lipinski definition) is 3. The van der Waals surface area contributed by atoms with Gasteiger partial charge in [-0.2, -0.15) is 0 Å². The average Bonchev–Trinajstić information content (AvgIpc) is 2.36. The number of pyridine rings is 1. The molecule has 18 heavy (non-hydrogen) atoms. The van der Waals surface area contributed by atoms with Crippen LogP contribution in [-0.2, 0) is 6.54 Å². The van der Waals surface area contributed by atoms with Crippen LogP contribution in [0.2, 0.25) is 0 Å². The van der Waals surface area contributed by atoms with Gasteiger partial charge in [0.15, 0.2) is 5.43 Å². The van der Waals surface area contributed by atoms with Crippen molar-refractivity contribution in [2.75, 3.05) is 6.61 Å². The van der Waals surface area contributed by atoms with E-state index in [-0.39, 0.29) is 5.43 Å². The maximum absolute atomic E-state index is 11.9. The summed E-state index contributed by atoms with van der Waals surface area (Å²) in [5.41, 5.74) is 7.03. The number of H-pyrrole nitrogens is 1. The highest BCUT2D eigenvalue weighted by molar-refractivity contribution is 5.80. The monoisotopic (exact) mass is 246 g/mol. The van der Waals surface area contributed by atoms with Crippen molar-refractivity contribution in [1.29, 1.82) is 0 Å². The molecule has 1 aromatic heterocycles. The highest BCUT2D eigenvalue weighted by Crippen LogP contribution is 2.17. The SMILES string of the molecule is CC(C)COc1ccc2[nH]c(CN)cc(=O)c2c1. The van der Waals surface area contributed by atoms with E-state index >= 15 is 0 Å². The third-order valence-electron chi connectivity index (χ3n) is 2.66. The molecule has 0 aliphatic rings. The van der Waals surface area contributed by atoms with Gasteiger partial charge in [0.1, 0.15) is 5.75 Å². The van der Waals surface area contributed by atoms with Crippen LogP contribution in [0.1, 0.15) is 19.5 Å². The molecule has 2 aromatic rings. The van der Waals surface area contributed by atoms with Crippen molar-refractivity contribution in [1.82, 2.24) is 4.98 Å². The Morgan fingerprint density at radius 3 is 2.78 bits per heavy atom. The molecule has 1 heterocycles. The minimum absolute atomic E-state index is 0.0285. The molecule has 2 rings (SSSR count). The Kier molecular flexibility index (Phi) is 3.67. The van der Waals surface area contributed by atoms with E-state index < -0.39 is 0 Å². The van der Waals surface area contributed by atoms with Crippen LogP contribution in [0.4, 0.5) is 0 Å². The molecule has 0 atom stereocenters. The summed E-state index contributed by atoms with van der Waals surface area (Å²) in [5, 5.41) is 0.633. The Hall–Kier alpha value is -1.81. The second kappa shape index (κ2) is 5.23. The number of ether oxygens (including phenoxy) is 1. The van der Waals surface area contributed by atoms with Crippen molar-refractivity contribution in [3.05, 3.63) is 40.2 Å². The lowest BCUT2D eigenvalue weighted by Crippen LogP contribution is -2.09. The fraction of sp³-hybridized carbons (Fsp3) is 0.357. The molecule has 0 spiro atoms. The van der Waals surface area contributed by atoms with E-state index in [1.807, 2.05) is 12.1 Å². The van der Waals surface area contributed by atoms with E-state index in [1.165, 1.54) is 6.07 Å². The second-order valence-corrected chi connectivity index (χ2v) is 4.78. The van der Waals surface area contributed by atoms with Crippen LogP contribution in [-0.4, -0.2) is 11.6 Å². The summed E-state index contributed by atoms with van der Waals surface area (Å²) in [5.74, 6) is 1.18. The summed E-state index contributed by atoms with van der Waals surface area (Å²) in [6, 6.07) is 7.03. The molecule has 0 amide bonds. The highest BCUT2D eigenvalue weighted by atomic mass is 16.5. The van der Waals surface area contributed by atoms with E-state index in [4.69, 9.17) is 10.5 Å². The molecule has 0 aliphatic heterocycles. The lowest BCUT2D eigenvalue weighted by atomic mass is 10.2. The van der Waals surface area contributed by atoms with Crippen molar-refractivity contribution in [3.8, 4) is 5.75 Å². The van der Waals surface area contributed by atoms with E-state index in [0.717, 1.165) is 17.0 Å². The molecule has 3 N–H and O–H groups in total. The van der Waals surface area contributed by atoms with Crippen molar-refractivity contribution >= 4 is 10.9 Å². The number of hydrogen-bond donors (Lipinski definition) is 2. The first kappa shape index (κ1) is 12.6. The molecule has 4 nitrogen and oxygen atoms in total. The maximum Gasteiger partial charge on any atom is 0.189 e. The molecule has 1 aromatic carbocycles. The van der Waals surface area contributed by atoms with Crippen molar-refractivity contribution in [3.63, 3.8) is 0 Å². The first-order valence-electron chi connectivity index (χ1n) is 6.09. The molecule has 0 saturated carbocycles. The summed E-state index contributed by atoms with van der Waals surface area (Å²) in [6.45, 7) is 5.14. The Bertz CT molecular complexity index is 602. The van der Waals surface area contributed by atoms with Crippen LogP contribution in [0.5, 0.6) is 5.75 Å². The third-order valence-corrected chi connectivity index (χ3v) is 2.66. The van der Waals surface area contributed by atoms with Crippen LogP contribution in [0.25, 0.3) is 10.9 Å². The summed E-state index contributed by atoms with van der Waals surface area (Å²) in [4.78, 5) is 15.0. The van der Waals surface area contributed by atoms with Gasteiger partial charge in [-0.15, -0.1) is 0 Å². The van der Waals surface area contributed by atoms with Gasteiger partial charge in [-0.3, -0.25) is 4.79 Å².